The van der Waals surface area contributed by atoms with Crippen LogP contribution in [-0.4, -0.2) is 30.8 Å². The van der Waals surface area contributed by atoms with Gasteiger partial charge < -0.3 is 15.2 Å². The Kier molecular flexibility index (Phi) is 6.61. The van der Waals surface area contributed by atoms with Crippen LogP contribution in [0.15, 0.2) is 24.3 Å². The zero-order valence-corrected chi connectivity index (χ0v) is 12.0. The average Bonchev–Trinajstić information content (AvgIpc) is 2.42. The number of hydrogen-bond acceptors (Lipinski definition) is 3. The third-order valence-corrected chi connectivity index (χ3v) is 2.97. The largest absolute Gasteiger partial charge is 0.384 e. The Bertz CT molecular complexity index is 418. The van der Waals surface area contributed by atoms with Crippen LogP contribution < -0.4 is 5.32 Å². The number of ether oxygens (including phenoxy) is 1. The maximum Gasteiger partial charge on any atom is 0.246 e. The summed E-state index contributed by atoms with van der Waals surface area (Å²) in [4.78, 5) is 11.5. The molecule has 20 heavy (non-hydrogen) atoms. The molecule has 0 saturated heterocycles. The number of hydrogen-bond donors (Lipinski definition) is 2. The first-order chi connectivity index (χ1) is 9.45. The van der Waals surface area contributed by atoms with E-state index in [0.717, 1.165) is 12.8 Å². The van der Waals surface area contributed by atoms with Gasteiger partial charge in [0.15, 0.2) is 0 Å². The Labute approximate surface area is 119 Å². The molecule has 5 heteroatoms. The minimum absolute atomic E-state index is 0.0144. The van der Waals surface area contributed by atoms with Crippen molar-refractivity contribution < 1.29 is 19.0 Å². The van der Waals surface area contributed by atoms with Gasteiger partial charge in [-0.2, -0.15) is 0 Å². The van der Waals surface area contributed by atoms with Gasteiger partial charge in [-0.1, -0.05) is 25.5 Å². The van der Waals surface area contributed by atoms with E-state index in [4.69, 9.17) is 4.74 Å². The number of carbonyl (C=O) groups is 1. The van der Waals surface area contributed by atoms with Crippen molar-refractivity contribution >= 4 is 5.91 Å². The van der Waals surface area contributed by atoms with E-state index in [2.05, 4.69) is 5.32 Å². The Morgan fingerprint density at radius 3 is 2.65 bits per heavy atom. The lowest BCUT2D eigenvalue weighted by atomic mass is 9.96. The van der Waals surface area contributed by atoms with Crippen LogP contribution in [0.1, 0.15) is 32.3 Å². The standard InChI is InChI=1S/C15H22FNO3/c1-3-4-9-20-10-14(18)17-11-15(2,19)12-5-7-13(16)8-6-12/h5-8,19H,3-4,9-11H2,1-2H3,(H,17,18). The number of halogens is 1. The minimum Gasteiger partial charge on any atom is -0.384 e. The van der Waals surface area contributed by atoms with E-state index in [9.17, 15) is 14.3 Å². The van der Waals surface area contributed by atoms with Crippen molar-refractivity contribution in [2.75, 3.05) is 19.8 Å². The van der Waals surface area contributed by atoms with Gasteiger partial charge in [-0.3, -0.25) is 4.79 Å². The van der Waals surface area contributed by atoms with Crippen LogP contribution in [0.3, 0.4) is 0 Å². The lowest BCUT2D eigenvalue weighted by molar-refractivity contribution is -0.126. The summed E-state index contributed by atoms with van der Waals surface area (Å²) in [6.45, 7) is 4.20. The van der Waals surface area contributed by atoms with Gasteiger partial charge in [0, 0.05) is 6.61 Å². The van der Waals surface area contributed by atoms with Gasteiger partial charge in [0.1, 0.15) is 18.0 Å². The highest BCUT2D eigenvalue weighted by Crippen LogP contribution is 2.19. The number of nitrogens with one attached hydrogen (secondary N) is 1. The van der Waals surface area contributed by atoms with Crippen LogP contribution in [0.4, 0.5) is 4.39 Å². The number of rotatable bonds is 8. The van der Waals surface area contributed by atoms with Crippen molar-refractivity contribution in [1.82, 2.24) is 5.32 Å². The van der Waals surface area contributed by atoms with E-state index in [1.165, 1.54) is 24.3 Å². The van der Waals surface area contributed by atoms with Crippen LogP contribution in [0.5, 0.6) is 0 Å². The molecule has 0 radical (unpaired) electrons. The van der Waals surface area contributed by atoms with Gasteiger partial charge in [0.2, 0.25) is 5.91 Å². The summed E-state index contributed by atoms with van der Waals surface area (Å²) in [5, 5.41) is 12.9. The molecule has 0 aliphatic heterocycles. The highest BCUT2D eigenvalue weighted by Gasteiger charge is 2.23. The van der Waals surface area contributed by atoms with Gasteiger partial charge in [0.05, 0.1) is 6.54 Å². The lowest BCUT2D eigenvalue weighted by Gasteiger charge is -2.24. The third-order valence-electron chi connectivity index (χ3n) is 2.97. The van der Waals surface area contributed by atoms with E-state index < -0.39 is 5.60 Å². The van der Waals surface area contributed by atoms with Crippen molar-refractivity contribution in [3.63, 3.8) is 0 Å². The molecule has 0 aliphatic carbocycles. The molecule has 112 valence electrons. The summed E-state index contributed by atoms with van der Waals surface area (Å²) >= 11 is 0. The normalized spacial score (nSPS) is 13.8. The Hall–Kier alpha value is -1.46. The van der Waals surface area contributed by atoms with Gasteiger partial charge >= 0.3 is 0 Å². The summed E-state index contributed by atoms with van der Waals surface area (Å²) < 4.78 is 18.0. The number of aliphatic hydroxyl groups is 1. The molecule has 2 N–H and O–H groups in total. The Morgan fingerprint density at radius 2 is 2.05 bits per heavy atom. The fraction of sp³-hybridized carbons (Fsp3) is 0.533. The number of carbonyl (C=O) groups excluding carboxylic acids is 1. The van der Waals surface area contributed by atoms with Crippen molar-refractivity contribution in [3.05, 3.63) is 35.6 Å². The fourth-order valence-electron chi connectivity index (χ4n) is 1.64. The summed E-state index contributed by atoms with van der Waals surface area (Å²) in [6, 6.07) is 5.55. The van der Waals surface area contributed by atoms with Crippen molar-refractivity contribution in [2.45, 2.75) is 32.3 Å². The predicted molar refractivity (Wildman–Crippen MR) is 74.7 cm³/mol. The molecule has 1 amide bonds. The predicted octanol–water partition coefficient (Wildman–Crippen LogP) is 1.97. The zero-order valence-electron chi connectivity index (χ0n) is 12.0. The monoisotopic (exact) mass is 283 g/mol. The molecule has 0 bridgehead atoms. The summed E-state index contributed by atoms with van der Waals surface area (Å²) in [7, 11) is 0. The molecule has 1 rings (SSSR count). The van der Waals surface area contributed by atoms with Crippen LogP contribution in [-0.2, 0) is 15.1 Å². The molecule has 0 fully saturated rings. The molecule has 0 saturated carbocycles. The molecule has 0 aliphatic rings. The first-order valence-electron chi connectivity index (χ1n) is 6.78. The molecule has 0 aromatic heterocycles. The average molecular weight is 283 g/mol. The first-order valence-corrected chi connectivity index (χ1v) is 6.78. The number of amides is 1. The molecule has 1 atom stereocenters. The van der Waals surface area contributed by atoms with Gasteiger partial charge in [-0.25, -0.2) is 4.39 Å². The van der Waals surface area contributed by atoms with Crippen LogP contribution in [0.25, 0.3) is 0 Å². The quantitative estimate of drug-likeness (QED) is 0.717. The Morgan fingerprint density at radius 1 is 1.40 bits per heavy atom. The maximum atomic E-state index is 12.8. The van der Waals surface area contributed by atoms with Crippen LogP contribution in [0.2, 0.25) is 0 Å². The molecule has 1 unspecified atom stereocenters. The van der Waals surface area contributed by atoms with Crippen LogP contribution in [0, 0.1) is 5.82 Å². The molecule has 1 aromatic rings. The SMILES string of the molecule is CCCCOCC(=O)NCC(C)(O)c1ccc(F)cc1. The second-order valence-corrected chi connectivity index (χ2v) is 4.96. The van der Waals surface area contributed by atoms with E-state index in [1.54, 1.807) is 6.92 Å². The molecular weight excluding hydrogens is 261 g/mol. The van der Waals surface area contributed by atoms with Crippen LogP contribution >= 0.6 is 0 Å². The van der Waals surface area contributed by atoms with Crippen molar-refractivity contribution in [2.24, 2.45) is 0 Å². The van der Waals surface area contributed by atoms with E-state index in [0.29, 0.717) is 12.2 Å². The molecule has 0 spiro atoms. The number of unbranched alkanes of at least 4 members (excludes halogenated alkanes) is 1. The van der Waals surface area contributed by atoms with Crippen molar-refractivity contribution in [1.29, 1.82) is 0 Å². The fourth-order valence-corrected chi connectivity index (χ4v) is 1.64. The maximum absolute atomic E-state index is 12.8. The smallest absolute Gasteiger partial charge is 0.246 e. The second kappa shape index (κ2) is 7.97. The summed E-state index contributed by atoms with van der Waals surface area (Å²) in [5.74, 6) is -0.638. The minimum atomic E-state index is -1.24. The van der Waals surface area contributed by atoms with Gasteiger partial charge in [-0.15, -0.1) is 0 Å². The Balaban J connectivity index is 2.39. The lowest BCUT2D eigenvalue weighted by Crippen LogP contribution is -2.40. The van der Waals surface area contributed by atoms with E-state index in [1.807, 2.05) is 6.92 Å². The number of benzene rings is 1. The molecule has 0 heterocycles. The first kappa shape index (κ1) is 16.6. The summed E-state index contributed by atoms with van der Waals surface area (Å²) in [5.41, 5.74) is -0.696. The molecule has 1 aromatic carbocycles. The second-order valence-electron chi connectivity index (χ2n) is 4.96. The zero-order chi connectivity index (χ0) is 15.0. The molecule has 4 nitrogen and oxygen atoms in total. The highest BCUT2D eigenvalue weighted by atomic mass is 19.1. The van der Waals surface area contributed by atoms with Gasteiger partial charge in [-0.05, 0) is 31.0 Å². The third kappa shape index (κ3) is 5.67. The highest BCUT2D eigenvalue weighted by molar-refractivity contribution is 5.77. The molecular formula is C15H22FNO3. The summed E-state index contributed by atoms with van der Waals surface area (Å²) in [6.07, 6.45) is 1.93. The van der Waals surface area contributed by atoms with E-state index in [-0.39, 0.29) is 24.9 Å². The van der Waals surface area contributed by atoms with Crippen molar-refractivity contribution in [3.8, 4) is 0 Å². The van der Waals surface area contributed by atoms with Gasteiger partial charge in [0.25, 0.3) is 0 Å². The van der Waals surface area contributed by atoms with E-state index >= 15 is 0 Å². The topological polar surface area (TPSA) is 58.6 Å².